The molecule has 0 unspecified atom stereocenters. The van der Waals surface area contributed by atoms with Crippen molar-refractivity contribution in [2.75, 3.05) is 0 Å². The Morgan fingerprint density at radius 1 is 1.36 bits per heavy atom. The third kappa shape index (κ3) is 7.31. The van der Waals surface area contributed by atoms with Crippen molar-refractivity contribution < 1.29 is 36.9 Å². The van der Waals surface area contributed by atoms with Crippen molar-refractivity contribution in [1.82, 2.24) is 0 Å². The third-order valence-electron chi connectivity index (χ3n) is 0.986. The predicted molar refractivity (Wildman–Crippen MR) is 32.5 cm³/mol. The molecule has 1 atom stereocenters. The summed E-state index contributed by atoms with van der Waals surface area (Å²) in [6.45, 7) is 0. The average Bonchev–Trinajstić information content (AvgIpc) is 1.82. The Morgan fingerprint density at radius 3 is 2.09 bits per heavy atom. The van der Waals surface area contributed by atoms with Crippen LogP contribution in [0.5, 0.6) is 0 Å². The normalized spacial score (nSPS) is 11.4. The van der Waals surface area contributed by atoms with Gasteiger partial charge in [0.25, 0.3) is 0 Å². The molecular weight excluding hydrogens is 194 g/mol. The van der Waals surface area contributed by atoms with Gasteiger partial charge in [-0.1, -0.05) is 0 Å². The zero-order valence-electron chi connectivity index (χ0n) is 5.63. The van der Waals surface area contributed by atoms with Crippen LogP contribution in [0, 0.1) is 0 Å². The molecule has 0 spiro atoms. The van der Waals surface area contributed by atoms with Crippen LogP contribution >= 0.6 is 0 Å². The molecule has 66 valence electrons. The standard InChI is InChI=1S/C5H9NO4.Fe/c6-3(5(9)10)1-2-4(7)8;/h3H,1-2,6H2,(H,7,8)(H,9,10);/t3-;/m1./s1. The van der Waals surface area contributed by atoms with Crippen molar-refractivity contribution in [1.29, 1.82) is 0 Å². The Morgan fingerprint density at radius 2 is 1.82 bits per heavy atom. The number of carboxylic acid groups (broad SMARTS) is 2. The zero-order chi connectivity index (χ0) is 8.15. The van der Waals surface area contributed by atoms with Gasteiger partial charge in [0, 0.05) is 23.5 Å². The molecular formula is C5H9FeNO4. The largest absolute Gasteiger partial charge is 0.481 e. The first kappa shape index (κ1) is 13.0. The van der Waals surface area contributed by atoms with E-state index in [1.807, 2.05) is 0 Å². The SMILES string of the molecule is N[C@H](CCC(=O)O)C(=O)O.[Fe]. The number of carboxylic acids is 2. The molecule has 0 aromatic rings. The van der Waals surface area contributed by atoms with Crippen LogP contribution in [0.15, 0.2) is 0 Å². The van der Waals surface area contributed by atoms with Gasteiger partial charge in [-0.25, -0.2) is 0 Å². The fraction of sp³-hybridized carbons (Fsp3) is 0.600. The second-order valence-electron chi connectivity index (χ2n) is 1.88. The molecule has 0 radical (unpaired) electrons. The minimum Gasteiger partial charge on any atom is -0.481 e. The summed E-state index contributed by atoms with van der Waals surface area (Å²) in [5.74, 6) is -2.20. The molecule has 0 aliphatic carbocycles. The van der Waals surface area contributed by atoms with Crippen LogP contribution in [-0.4, -0.2) is 28.2 Å². The molecule has 0 aliphatic rings. The van der Waals surface area contributed by atoms with Gasteiger partial charge in [-0.05, 0) is 6.42 Å². The summed E-state index contributed by atoms with van der Waals surface area (Å²) in [6, 6.07) is -1.06. The number of hydrogen-bond acceptors (Lipinski definition) is 3. The van der Waals surface area contributed by atoms with Crippen molar-refractivity contribution in [3.8, 4) is 0 Å². The molecule has 0 saturated heterocycles. The Labute approximate surface area is 74.0 Å². The van der Waals surface area contributed by atoms with E-state index in [0.29, 0.717) is 0 Å². The quantitative estimate of drug-likeness (QED) is 0.522. The Balaban J connectivity index is 0. The van der Waals surface area contributed by atoms with Crippen LogP contribution in [0.25, 0.3) is 0 Å². The average molecular weight is 203 g/mol. The number of nitrogens with two attached hydrogens (primary N) is 1. The summed E-state index contributed by atoms with van der Waals surface area (Å²) in [7, 11) is 0. The topological polar surface area (TPSA) is 101 Å². The van der Waals surface area contributed by atoms with E-state index in [2.05, 4.69) is 0 Å². The van der Waals surface area contributed by atoms with Gasteiger partial charge >= 0.3 is 11.9 Å². The van der Waals surface area contributed by atoms with Crippen molar-refractivity contribution in [2.45, 2.75) is 18.9 Å². The second kappa shape index (κ2) is 6.15. The van der Waals surface area contributed by atoms with Gasteiger partial charge < -0.3 is 15.9 Å². The van der Waals surface area contributed by atoms with Crippen LogP contribution in [0.2, 0.25) is 0 Å². The molecule has 4 N–H and O–H groups in total. The maximum absolute atomic E-state index is 9.99. The summed E-state index contributed by atoms with van der Waals surface area (Å²) >= 11 is 0. The monoisotopic (exact) mass is 203 g/mol. The number of carbonyl (C=O) groups is 2. The first-order valence-corrected chi connectivity index (χ1v) is 2.74. The number of rotatable bonds is 4. The van der Waals surface area contributed by atoms with Gasteiger partial charge in [0.05, 0.1) is 0 Å². The van der Waals surface area contributed by atoms with Crippen LogP contribution in [0.3, 0.4) is 0 Å². The zero-order valence-corrected chi connectivity index (χ0v) is 6.74. The van der Waals surface area contributed by atoms with Crippen molar-refractivity contribution in [2.24, 2.45) is 5.73 Å². The molecule has 0 aromatic heterocycles. The van der Waals surface area contributed by atoms with E-state index in [1.165, 1.54) is 0 Å². The van der Waals surface area contributed by atoms with E-state index in [0.717, 1.165) is 0 Å². The molecule has 0 heterocycles. The predicted octanol–water partition coefficient (Wildman–Crippen LogP) is -0.739. The van der Waals surface area contributed by atoms with E-state index >= 15 is 0 Å². The molecule has 0 aromatic carbocycles. The first-order chi connectivity index (χ1) is 4.54. The van der Waals surface area contributed by atoms with Crippen molar-refractivity contribution in [3.05, 3.63) is 0 Å². The summed E-state index contributed by atoms with van der Waals surface area (Å²) in [6.07, 6.45) is -0.224. The van der Waals surface area contributed by atoms with Crippen LogP contribution in [0.4, 0.5) is 0 Å². The molecule has 0 rings (SSSR count). The molecule has 11 heavy (non-hydrogen) atoms. The van der Waals surface area contributed by atoms with E-state index in [1.54, 1.807) is 0 Å². The molecule has 5 nitrogen and oxygen atoms in total. The first-order valence-electron chi connectivity index (χ1n) is 2.74. The Kier molecular flexibility index (Phi) is 7.29. The van der Waals surface area contributed by atoms with E-state index in [-0.39, 0.29) is 29.9 Å². The van der Waals surface area contributed by atoms with Crippen molar-refractivity contribution in [3.63, 3.8) is 0 Å². The summed E-state index contributed by atoms with van der Waals surface area (Å²) in [5, 5.41) is 16.3. The van der Waals surface area contributed by atoms with Crippen LogP contribution < -0.4 is 5.73 Å². The molecule has 0 fully saturated rings. The molecule has 6 heteroatoms. The Bertz CT molecular complexity index is 149. The third-order valence-corrected chi connectivity index (χ3v) is 0.986. The smallest absolute Gasteiger partial charge is 0.320 e. The van der Waals surface area contributed by atoms with E-state index in [4.69, 9.17) is 15.9 Å². The van der Waals surface area contributed by atoms with Crippen molar-refractivity contribution >= 4 is 11.9 Å². The molecule has 0 aliphatic heterocycles. The van der Waals surface area contributed by atoms with Crippen LogP contribution in [0.1, 0.15) is 12.8 Å². The number of hydrogen-bond donors (Lipinski definition) is 3. The van der Waals surface area contributed by atoms with Gasteiger partial charge in [-0.3, -0.25) is 9.59 Å². The van der Waals surface area contributed by atoms with Crippen LogP contribution in [-0.2, 0) is 26.7 Å². The summed E-state index contributed by atoms with van der Waals surface area (Å²) < 4.78 is 0. The van der Waals surface area contributed by atoms with Gasteiger partial charge in [-0.15, -0.1) is 0 Å². The molecule has 0 amide bonds. The minimum atomic E-state index is -1.17. The van der Waals surface area contributed by atoms with Gasteiger partial charge in [0.15, 0.2) is 0 Å². The Hall–Kier alpha value is -0.581. The second-order valence-corrected chi connectivity index (χ2v) is 1.88. The fourth-order valence-electron chi connectivity index (χ4n) is 0.402. The summed E-state index contributed by atoms with van der Waals surface area (Å²) in [5.41, 5.74) is 5.00. The fourth-order valence-corrected chi connectivity index (χ4v) is 0.402. The van der Waals surface area contributed by atoms with E-state index < -0.39 is 18.0 Å². The van der Waals surface area contributed by atoms with Gasteiger partial charge in [0.1, 0.15) is 6.04 Å². The maximum atomic E-state index is 9.99. The van der Waals surface area contributed by atoms with Gasteiger partial charge in [-0.2, -0.15) is 0 Å². The maximum Gasteiger partial charge on any atom is 0.320 e. The summed E-state index contributed by atoms with van der Waals surface area (Å²) in [4.78, 5) is 19.9. The molecule has 0 bridgehead atoms. The number of aliphatic carboxylic acids is 2. The van der Waals surface area contributed by atoms with E-state index in [9.17, 15) is 9.59 Å². The minimum absolute atomic E-state index is 0. The van der Waals surface area contributed by atoms with Gasteiger partial charge in [0.2, 0.25) is 0 Å². The molecule has 0 saturated carbocycles.